The number of alkyl halides is 5. The van der Waals surface area contributed by atoms with Crippen LogP contribution in [0.15, 0.2) is 53.9 Å². The van der Waals surface area contributed by atoms with E-state index in [0.29, 0.717) is 38.4 Å². The van der Waals surface area contributed by atoms with Crippen LogP contribution in [0.4, 0.5) is 36.4 Å². The average Bonchev–Trinajstić information content (AvgIpc) is 3.61. The molecule has 6 rings (SSSR count). The number of hydrogen-bond acceptors (Lipinski definition) is 8. The van der Waals surface area contributed by atoms with E-state index in [4.69, 9.17) is 4.74 Å². The molecule has 1 atom stereocenters. The van der Waals surface area contributed by atoms with Crippen LogP contribution in [0.3, 0.4) is 0 Å². The van der Waals surface area contributed by atoms with E-state index in [-0.39, 0.29) is 41.4 Å². The summed E-state index contributed by atoms with van der Waals surface area (Å²) in [5.41, 5.74) is -4.25. The number of nitrogens with zero attached hydrogens (tertiary/aromatic N) is 6. The topological polar surface area (TPSA) is 115 Å². The van der Waals surface area contributed by atoms with Gasteiger partial charge in [0.25, 0.3) is 17.7 Å². The van der Waals surface area contributed by atoms with E-state index in [0.717, 1.165) is 55.8 Å². The van der Waals surface area contributed by atoms with Gasteiger partial charge in [-0.25, -0.2) is 19.4 Å². The zero-order valence-electron chi connectivity index (χ0n) is 28.5. The van der Waals surface area contributed by atoms with Crippen LogP contribution in [0.5, 0.6) is 5.75 Å². The third-order valence-corrected chi connectivity index (χ3v) is 9.48. The van der Waals surface area contributed by atoms with Crippen LogP contribution in [0.1, 0.15) is 55.8 Å². The summed E-state index contributed by atoms with van der Waals surface area (Å²) in [6.45, 7) is 2.74. The zero-order valence-corrected chi connectivity index (χ0v) is 28.5. The van der Waals surface area contributed by atoms with Gasteiger partial charge in [-0.3, -0.25) is 19.5 Å². The number of nitriles is 1. The smallest absolute Gasteiger partial charge is 0.416 e. The quantitative estimate of drug-likeness (QED) is 0.183. The largest absolute Gasteiger partial charge is 0.489 e. The standard InChI is InChI=1S/C36H34F7N7O3/c1-35(39,40)29-17-26(45-20-46-29)23-16-22(36(41,42)43)8-9-25(23)47-33(51)30-24(18-44)27-6-5-13-49(27)50(34(30)52)19-21-7-10-28(32(38)31(21)37)53-15-14-48-11-3-2-4-12-48/h7-10,16-17,20,27H,2-6,11-15,19H2,1H3,(H,47,51). The molecule has 10 nitrogen and oxygen atoms in total. The number of rotatable bonds is 10. The van der Waals surface area contributed by atoms with Gasteiger partial charge in [0, 0.05) is 31.1 Å². The molecule has 53 heavy (non-hydrogen) atoms. The van der Waals surface area contributed by atoms with Gasteiger partial charge in [0.2, 0.25) is 5.82 Å². The van der Waals surface area contributed by atoms with Gasteiger partial charge < -0.3 is 10.1 Å². The number of hydrazine groups is 1. The molecule has 17 heteroatoms. The number of fused-ring (bicyclic) bond motifs is 1. The summed E-state index contributed by atoms with van der Waals surface area (Å²) in [5.74, 6) is -8.53. The molecule has 0 aliphatic carbocycles. The molecule has 2 saturated heterocycles. The SMILES string of the molecule is CC(F)(F)c1cc(-c2cc(C(F)(F)F)ccc2NC(=O)C2=C(C#N)C3CCCN3N(Cc3ccc(OCCN4CCCCC4)c(F)c3F)C2=O)ncn1. The Morgan fingerprint density at radius 1 is 1.00 bits per heavy atom. The minimum Gasteiger partial charge on any atom is -0.489 e. The van der Waals surface area contributed by atoms with E-state index in [1.54, 1.807) is 0 Å². The van der Waals surface area contributed by atoms with Crippen LogP contribution in [0, 0.1) is 23.0 Å². The van der Waals surface area contributed by atoms with E-state index in [2.05, 4.69) is 20.2 Å². The fourth-order valence-electron chi connectivity index (χ4n) is 6.78. The lowest BCUT2D eigenvalue weighted by Gasteiger charge is -2.40. The lowest BCUT2D eigenvalue weighted by atomic mass is 9.95. The maximum atomic E-state index is 15.5. The molecule has 280 valence electrons. The molecular weight excluding hydrogens is 711 g/mol. The third-order valence-electron chi connectivity index (χ3n) is 9.48. The maximum absolute atomic E-state index is 15.5. The van der Waals surface area contributed by atoms with Gasteiger partial charge >= 0.3 is 6.18 Å². The molecule has 2 fully saturated rings. The molecule has 1 N–H and O–H groups in total. The summed E-state index contributed by atoms with van der Waals surface area (Å²) < 4.78 is 106. The van der Waals surface area contributed by atoms with Crippen LogP contribution in [-0.2, 0) is 28.2 Å². The highest BCUT2D eigenvalue weighted by Gasteiger charge is 2.45. The van der Waals surface area contributed by atoms with Gasteiger partial charge in [0.1, 0.15) is 24.2 Å². The molecule has 1 unspecified atom stereocenters. The van der Waals surface area contributed by atoms with Crippen molar-refractivity contribution in [1.82, 2.24) is 24.9 Å². The van der Waals surface area contributed by atoms with Gasteiger partial charge in [-0.15, -0.1) is 0 Å². The highest BCUT2D eigenvalue weighted by molar-refractivity contribution is 6.24. The molecule has 1 aromatic heterocycles. The number of nitrogens with one attached hydrogen (secondary N) is 1. The van der Waals surface area contributed by atoms with E-state index < -0.39 is 70.5 Å². The lowest BCUT2D eigenvalue weighted by Crippen LogP contribution is -2.55. The summed E-state index contributed by atoms with van der Waals surface area (Å²) in [6, 6.07) is 6.50. The number of carbonyl (C=O) groups is 2. The van der Waals surface area contributed by atoms with Gasteiger partial charge in [-0.1, -0.05) is 12.5 Å². The molecular formula is C36H34F7N7O3. The molecule has 0 bridgehead atoms. The number of ether oxygens (including phenoxy) is 1. The second-order valence-electron chi connectivity index (χ2n) is 13.1. The van der Waals surface area contributed by atoms with Gasteiger partial charge in [0.05, 0.1) is 41.2 Å². The molecule has 3 aliphatic heterocycles. The van der Waals surface area contributed by atoms with Crippen LogP contribution in [0.25, 0.3) is 11.3 Å². The Hall–Kier alpha value is -5.08. The van der Waals surface area contributed by atoms with Crippen LogP contribution < -0.4 is 10.1 Å². The van der Waals surface area contributed by atoms with Crippen molar-refractivity contribution >= 4 is 17.5 Å². The first-order chi connectivity index (χ1) is 25.2. The van der Waals surface area contributed by atoms with E-state index >= 15 is 8.78 Å². The molecule has 4 heterocycles. The Bertz CT molecular complexity index is 1970. The number of carbonyl (C=O) groups excluding carboxylic acids is 2. The lowest BCUT2D eigenvalue weighted by molar-refractivity contribution is -0.150. The predicted octanol–water partition coefficient (Wildman–Crippen LogP) is 6.60. The summed E-state index contributed by atoms with van der Waals surface area (Å²) in [6.07, 6.45) is -0.0649. The molecule has 0 spiro atoms. The van der Waals surface area contributed by atoms with Crippen molar-refractivity contribution < 1.29 is 45.1 Å². The summed E-state index contributed by atoms with van der Waals surface area (Å²) in [5, 5.41) is 15.0. The van der Waals surface area contributed by atoms with Crippen molar-refractivity contribution in [1.29, 1.82) is 5.26 Å². The van der Waals surface area contributed by atoms with Crippen molar-refractivity contribution in [2.75, 3.05) is 38.1 Å². The van der Waals surface area contributed by atoms with Gasteiger partial charge in [-0.05, 0) is 69.1 Å². The highest BCUT2D eigenvalue weighted by Crippen LogP contribution is 2.39. The van der Waals surface area contributed by atoms with Crippen LogP contribution in [0.2, 0.25) is 0 Å². The van der Waals surface area contributed by atoms with Crippen molar-refractivity contribution in [3.05, 3.63) is 82.3 Å². The first-order valence-electron chi connectivity index (χ1n) is 17.0. The number of amides is 2. The molecule has 0 saturated carbocycles. The second-order valence-corrected chi connectivity index (χ2v) is 13.1. The average molecular weight is 746 g/mol. The fourth-order valence-corrected chi connectivity index (χ4v) is 6.78. The third kappa shape index (κ3) is 7.98. The number of anilines is 1. The Kier molecular flexibility index (Phi) is 10.7. The first kappa shape index (κ1) is 37.7. The van der Waals surface area contributed by atoms with Crippen molar-refractivity contribution in [3.8, 4) is 23.1 Å². The normalized spacial score (nSPS) is 18.6. The number of hydrogen-bond donors (Lipinski definition) is 1. The number of benzene rings is 2. The molecule has 3 aromatic rings. The van der Waals surface area contributed by atoms with Gasteiger partial charge in [0.15, 0.2) is 11.6 Å². The zero-order chi connectivity index (χ0) is 38.1. The first-order valence-corrected chi connectivity index (χ1v) is 17.0. The summed E-state index contributed by atoms with van der Waals surface area (Å²) in [4.78, 5) is 37.4. The Labute approximate surface area is 299 Å². The minimum absolute atomic E-state index is 0.139. The summed E-state index contributed by atoms with van der Waals surface area (Å²) >= 11 is 0. The number of halogens is 7. The highest BCUT2D eigenvalue weighted by atomic mass is 19.4. The molecule has 3 aliphatic rings. The number of aromatic nitrogens is 2. The predicted molar refractivity (Wildman–Crippen MR) is 176 cm³/mol. The Morgan fingerprint density at radius 3 is 2.45 bits per heavy atom. The van der Waals surface area contributed by atoms with E-state index in [9.17, 15) is 36.8 Å². The van der Waals surface area contributed by atoms with Crippen molar-refractivity contribution in [2.24, 2.45) is 0 Å². The minimum atomic E-state index is -4.86. The monoisotopic (exact) mass is 745 g/mol. The maximum Gasteiger partial charge on any atom is 0.416 e. The number of likely N-dealkylation sites (tertiary alicyclic amines) is 1. The number of piperidine rings is 1. The Morgan fingerprint density at radius 2 is 1.75 bits per heavy atom. The van der Waals surface area contributed by atoms with Crippen molar-refractivity contribution in [3.63, 3.8) is 0 Å². The van der Waals surface area contributed by atoms with Crippen molar-refractivity contribution in [2.45, 2.75) is 63.7 Å². The van der Waals surface area contributed by atoms with E-state index in [1.807, 2.05) is 6.07 Å². The van der Waals surface area contributed by atoms with Gasteiger partial charge in [-0.2, -0.15) is 31.6 Å². The van der Waals surface area contributed by atoms with Crippen LogP contribution >= 0.6 is 0 Å². The fraction of sp³-hybridized carbons (Fsp3) is 0.417. The van der Waals surface area contributed by atoms with Crippen LogP contribution in [-0.4, -0.2) is 75.5 Å². The van der Waals surface area contributed by atoms with E-state index in [1.165, 1.54) is 17.1 Å². The second kappa shape index (κ2) is 15.1. The summed E-state index contributed by atoms with van der Waals surface area (Å²) in [7, 11) is 0. The molecule has 2 amide bonds. The Balaban J connectivity index is 1.28. The molecule has 2 aromatic carbocycles. The molecule has 0 radical (unpaired) electrons.